The molecular formula is C18H19N5O. The molecule has 1 aliphatic heterocycles. The van der Waals surface area contributed by atoms with E-state index >= 15 is 0 Å². The van der Waals surface area contributed by atoms with E-state index in [2.05, 4.69) is 21.5 Å². The first-order valence-corrected chi connectivity index (χ1v) is 8.35. The summed E-state index contributed by atoms with van der Waals surface area (Å²) in [4.78, 5) is 17.4. The normalized spacial score (nSPS) is 20.8. The van der Waals surface area contributed by atoms with Gasteiger partial charge in [-0.25, -0.2) is 9.67 Å². The molecule has 0 unspecified atom stereocenters. The Morgan fingerprint density at radius 3 is 3.04 bits per heavy atom. The van der Waals surface area contributed by atoms with E-state index in [1.165, 1.54) is 0 Å². The van der Waals surface area contributed by atoms with Gasteiger partial charge in [-0.15, -0.1) is 0 Å². The van der Waals surface area contributed by atoms with Gasteiger partial charge in [0.15, 0.2) is 0 Å². The number of carbonyl (C=O) groups is 1. The first kappa shape index (κ1) is 14.9. The van der Waals surface area contributed by atoms with Crippen molar-refractivity contribution in [1.82, 2.24) is 20.1 Å². The molecule has 0 spiro atoms. The van der Waals surface area contributed by atoms with Crippen molar-refractivity contribution in [2.75, 3.05) is 0 Å². The van der Waals surface area contributed by atoms with Crippen LogP contribution in [-0.2, 0) is 16.8 Å². The molecule has 122 valence electrons. The van der Waals surface area contributed by atoms with Crippen molar-refractivity contribution in [3.63, 3.8) is 0 Å². The fraction of sp³-hybridized carbons (Fsp3) is 0.444. The van der Waals surface area contributed by atoms with Gasteiger partial charge in [0, 0.05) is 6.54 Å². The molecular weight excluding hydrogens is 302 g/mol. The van der Waals surface area contributed by atoms with Crippen molar-refractivity contribution in [2.45, 2.75) is 50.6 Å². The van der Waals surface area contributed by atoms with E-state index in [1.54, 1.807) is 6.07 Å². The van der Waals surface area contributed by atoms with Crippen molar-refractivity contribution >= 4 is 5.91 Å². The Kier molecular flexibility index (Phi) is 3.38. The van der Waals surface area contributed by atoms with Gasteiger partial charge in [0.05, 0.1) is 23.1 Å². The number of nitriles is 1. The molecule has 1 aromatic heterocycles. The first-order valence-electron chi connectivity index (χ1n) is 8.35. The second-order valence-electron chi connectivity index (χ2n) is 6.68. The minimum absolute atomic E-state index is 0.0386. The molecule has 1 saturated carbocycles. The largest absolute Gasteiger partial charge is 0.345 e. The molecule has 0 bridgehead atoms. The summed E-state index contributed by atoms with van der Waals surface area (Å²) in [6, 6.07) is 9.47. The van der Waals surface area contributed by atoms with E-state index in [9.17, 15) is 4.79 Å². The van der Waals surface area contributed by atoms with Crippen LogP contribution in [0, 0.1) is 18.3 Å². The average Bonchev–Trinajstić information content (AvgIpc) is 3.31. The van der Waals surface area contributed by atoms with Crippen LogP contribution in [0.5, 0.6) is 0 Å². The Balaban J connectivity index is 1.58. The van der Waals surface area contributed by atoms with Crippen molar-refractivity contribution in [2.24, 2.45) is 0 Å². The average molecular weight is 321 g/mol. The second-order valence-corrected chi connectivity index (χ2v) is 6.68. The maximum Gasteiger partial charge on any atom is 0.231 e. The number of aromatic nitrogens is 3. The molecule has 0 saturated heterocycles. The highest BCUT2D eigenvalue weighted by Crippen LogP contribution is 2.49. The maximum absolute atomic E-state index is 13.0. The highest BCUT2D eigenvalue weighted by molar-refractivity contribution is 5.91. The van der Waals surface area contributed by atoms with Crippen LogP contribution in [0.4, 0.5) is 0 Å². The van der Waals surface area contributed by atoms with Crippen molar-refractivity contribution in [3.8, 4) is 6.07 Å². The van der Waals surface area contributed by atoms with Crippen LogP contribution in [-0.4, -0.2) is 20.7 Å². The monoisotopic (exact) mass is 321 g/mol. The van der Waals surface area contributed by atoms with Gasteiger partial charge in [-0.1, -0.05) is 12.1 Å². The lowest BCUT2D eigenvalue weighted by Crippen LogP contribution is -2.39. The first-order chi connectivity index (χ1) is 11.6. The zero-order valence-electron chi connectivity index (χ0n) is 13.6. The lowest BCUT2D eigenvalue weighted by atomic mass is 9.93. The quantitative estimate of drug-likeness (QED) is 0.939. The lowest BCUT2D eigenvalue weighted by Gasteiger charge is -2.25. The van der Waals surface area contributed by atoms with Crippen LogP contribution < -0.4 is 5.32 Å². The predicted molar refractivity (Wildman–Crippen MR) is 86.9 cm³/mol. The Morgan fingerprint density at radius 2 is 2.29 bits per heavy atom. The van der Waals surface area contributed by atoms with Gasteiger partial charge in [0.25, 0.3) is 0 Å². The molecule has 1 fully saturated rings. The number of nitrogens with zero attached hydrogens (tertiary/aromatic N) is 4. The minimum Gasteiger partial charge on any atom is -0.345 e. The number of fused-ring (bicyclic) bond motifs is 1. The number of amides is 1. The van der Waals surface area contributed by atoms with Gasteiger partial charge in [0.1, 0.15) is 11.6 Å². The standard InChI is InChI=1S/C18H19N5O/c1-12-20-16-15(6-3-9-23(16)22-12)21-17(24)18(7-8-18)14-5-2-4-13(10-14)11-19/h2,4-5,10,15H,3,6-9H2,1H3,(H,21,24)/t15-/m1/s1. The Labute approximate surface area is 140 Å². The van der Waals surface area contributed by atoms with Crippen molar-refractivity contribution < 1.29 is 4.79 Å². The van der Waals surface area contributed by atoms with Gasteiger partial charge in [-0.3, -0.25) is 4.79 Å². The zero-order valence-corrected chi connectivity index (χ0v) is 13.6. The molecule has 6 nitrogen and oxygen atoms in total. The fourth-order valence-corrected chi connectivity index (χ4v) is 3.56. The van der Waals surface area contributed by atoms with Crippen LogP contribution in [0.1, 0.15) is 54.5 Å². The number of hydrogen-bond acceptors (Lipinski definition) is 4. The summed E-state index contributed by atoms with van der Waals surface area (Å²) >= 11 is 0. The van der Waals surface area contributed by atoms with Gasteiger partial charge in [0.2, 0.25) is 5.91 Å². The number of rotatable bonds is 3. The highest BCUT2D eigenvalue weighted by Gasteiger charge is 2.52. The summed E-state index contributed by atoms with van der Waals surface area (Å²) in [5.74, 6) is 1.64. The Hall–Kier alpha value is -2.68. The van der Waals surface area contributed by atoms with E-state index in [1.807, 2.05) is 29.8 Å². The zero-order chi connectivity index (χ0) is 16.7. The molecule has 24 heavy (non-hydrogen) atoms. The molecule has 1 atom stereocenters. The molecule has 4 rings (SSSR count). The molecule has 1 N–H and O–H groups in total. The smallest absolute Gasteiger partial charge is 0.231 e. The third kappa shape index (κ3) is 2.37. The molecule has 1 aliphatic carbocycles. The molecule has 6 heteroatoms. The van der Waals surface area contributed by atoms with Gasteiger partial charge in [-0.2, -0.15) is 10.4 Å². The minimum atomic E-state index is -0.482. The van der Waals surface area contributed by atoms with E-state index in [0.717, 1.165) is 49.4 Å². The lowest BCUT2D eigenvalue weighted by molar-refractivity contribution is -0.124. The molecule has 2 aliphatic rings. The van der Waals surface area contributed by atoms with Crippen molar-refractivity contribution in [1.29, 1.82) is 5.26 Å². The fourth-order valence-electron chi connectivity index (χ4n) is 3.56. The second kappa shape index (κ2) is 5.45. The highest BCUT2D eigenvalue weighted by atomic mass is 16.2. The topological polar surface area (TPSA) is 83.6 Å². The number of carbonyl (C=O) groups excluding carboxylic acids is 1. The van der Waals surface area contributed by atoms with Crippen LogP contribution in [0.2, 0.25) is 0 Å². The Bertz CT molecular complexity index is 843. The van der Waals surface area contributed by atoms with Crippen LogP contribution >= 0.6 is 0 Å². The molecule has 0 radical (unpaired) electrons. The van der Waals surface area contributed by atoms with Gasteiger partial charge < -0.3 is 5.32 Å². The number of aryl methyl sites for hydroxylation is 2. The Morgan fingerprint density at radius 1 is 1.46 bits per heavy atom. The molecule has 1 amide bonds. The van der Waals surface area contributed by atoms with Crippen LogP contribution in [0.15, 0.2) is 24.3 Å². The molecule has 1 aromatic carbocycles. The SMILES string of the molecule is Cc1nc2n(n1)CCC[C@H]2NC(=O)C1(c2cccc(C#N)c2)CC1. The summed E-state index contributed by atoms with van der Waals surface area (Å²) in [6.45, 7) is 2.73. The summed E-state index contributed by atoms with van der Waals surface area (Å²) in [7, 11) is 0. The predicted octanol–water partition coefficient (Wildman–Crippen LogP) is 2.14. The number of benzene rings is 1. The molecule has 2 aromatic rings. The van der Waals surface area contributed by atoms with E-state index in [0.29, 0.717) is 5.56 Å². The van der Waals surface area contributed by atoms with E-state index in [4.69, 9.17) is 5.26 Å². The number of nitrogens with one attached hydrogen (secondary N) is 1. The molecule has 2 heterocycles. The van der Waals surface area contributed by atoms with E-state index in [-0.39, 0.29) is 11.9 Å². The summed E-state index contributed by atoms with van der Waals surface area (Å²) < 4.78 is 1.90. The summed E-state index contributed by atoms with van der Waals surface area (Å²) in [6.07, 6.45) is 3.52. The number of hydrogen-bond donors (Lipinski definition) is 1. The van der Waals surface area contributed by atoms with Crippen molar-refractivity contribution in [3.05, 3.63) is 47.0 Å². The van der Waals surface area contributed by atoms with Gasteiger partial charge >= 0.3 is 0 Å². The third-order valence-electron chi connectivity index (χ3n) is 5.01. The third-order valence-corrected chi connectivity index (χ3v) is 5.01. The summed E-state index contributed by atoms with van der Waals surface area (Å²) in [5, 5.41) is 16.7. The summed E-state index contributed by atoms with van der Waals surface area (Å²) in [5.41, 5.74) is 1.05. The van der Waals surface area contributed by atoms with Gasteiger partial charge in [-0.05, 0) is 50.3 Å². The van der Waals surface area contributed by atoms with Crippen LogP contribution in [0.3, 0.4) is 0 Å². The maximum atomic E-state index is 13.0. The van der Waals surface area contributed by atoms with E-state index < -0.39 is 5.41 Å². The van der Waals surface area contributed by atoms with Crippen LogP contribution in [0.25, 0.3) is 0 Å².